The molecule has 0 spiro atoms. The number of imidazole rings is 1. The summed E-state index contributed by atoms with van der Waals surface area (Å²) in [7, 11) is 0. The molecule has 0 unspecified atom stereocenters. The van der Waals surface area contributed by atoms with E-state index in [9.17, 15) is 15.0 Å². The number of hydrogen-bond donors (Lipinski definition) is 4. The number of unbranched alkanes of at least 4 members (excludes halogenated alkanes) is 1. The molecule has 0 radical (unpaired) electrons. The molecule has 1 aromatic carbocycles. The van der Waals surface area contributed by atoms with Crippen molar-refractivity contribution >= 4 is 56.1 Å². The van der Waals surface area contributed by atoms with Gasteiger partial charge in [-0.2, -0.15) is 0 Å². The molecule has 3 rings (SSSR count). The third-order valence-electron chi connectivity index (χ3n) is 4.94. The van der Waals surface area contributed by atoms with Crippen molar-refractivity contribution in [3.05, 3.63) is 26.9 Å². The van der Waals surface area contributed by atoms with Gasteiger partial charge < -0.3 is 31.2 Å². The summed E-state index contributed by atoms with van der Waals surface area (Å²) >= 11 is 15.5. The van der Waals surface area contributed by atoms with Crippen molar-refractivity contribution < 1.29 is 24.5 Å². The maximum atomic E-state index is 12.1. The van der Waals surface area contributed by atoms with Crippen LogP contribution in [0, 0.1) is 0 Å². The van der Waals surface area contributed by atoms with E-state index in [-0.39, 0.29) is 6.61 Å². The molecule has 2 heterocycles. The van der Waals surface area contributed by atoms with Crippen LogP contribution in [0.4, 0.5) is 0 Å². The lowest BCUT2D eigenvalue weighted by Crippen LogP contribution is -2.38. The van der Waals surface area contributed by atoms with Crippen molar-refractivity contribution in [1.82, 2.24) is 9.55 Å². The molecule has 1 aliphatic heterocycles. The zero-order valence-electron chi connectivity index (χ0n) is 15.9. The lowest BCUT2D eigenvalue weighted by atomic mass is 10.1. The zero-order valence-corrected chi connectivity index (χ0v) is 19.0. The van der Waals surface area contributed by atoms with Crippen molar-refractivity contribution in [2.45, 2.75) is 49.8 Å². The Morgan fingerprint density at radius 3 is 2.70 bits per heavy atom. The first kappa shape index (κ1) is 23.7. The molecule has 9 nitrogen and oxygen atoms in total. The van der Waals surface area contributed by atoms with Crippen LogP contribution in [-0.4, -0.2) is 63.2 Å². The molecule has 1 aromatic heterocycles. The molecule has 0 bridgehead atoms. The molecule has 166 valence electrons. The van der Waals surface area contributed by atoms with Gasteiger partial charge >= 0.3 is 5.97 Å². The summed E-state index contributed by atoms with van der Waals surface area (Å²) < 4.78 is 12.9. The number of aliphatic hydroxyl groups excluding tert-OH is 2. The highest BCUT2D eigenvalue weighted by Crippen LogP contribution is 2.37. The number of aromatic nitrogens is 2. The Morgan fingerprint density at radius 2 is 2.00 bits per heavy atom. The van der Waals surface area contributed by atoms with Crippen molar-refractivity contribution in [3.63, 3.8) is 0 Å². The van der Waals surface area contributed by atoms with E-state index in [4.69, 9.17) is 44.1 Å². The number of halogens is 3. The largest absolute Gasteiger partial charge is 0.462 e. The van der Waals surface area contributed by atoms with Crippen LogP contribution in [0.3, 0.4) is 0 Å². The monoisotopic (exact) mass is 524 g/mol. The van der Waals surface area contributed by atoms with Crippen LogP contribution in [-0.2, 0) is 14.3 Å². The minimum Gasteiger partial charge on any atom is -0.462 e. The fourth-order valence-electron chi connectivity index (χ4n) is 3.28. The second-order valence-corrected chi connectivity index (χ2v) is 8.60. The normalized spacial score (nSPS) is 25.0. The molecule has 1 saturated heterocycles. The summed E-state index contributed by atoms with van der Waals surface area (Å²) in [4.78, 5) is 16.4. The Balaban J connectivity index is 1.70. The number of nitrogens with zero attached hydrogens (tertiary/aromatic N) is 2. The highest BCUT2D eigenvalue weighted by atomic mass is 79.9. The Kier molecular flexibility index (Phi) is 7.97. The number of nitrogens with two attached hydrogens (primary N) is 2. The average molecular weight is 526 g/mol. The van der Waals surface area contributed by atoms with Crippen molar-refractivity contribution in [2.75, 3.05) is 13.2 Å². The van der Waals surface area contributed by atoms with Gasteiger partial charge in [-0.3, -0.25) is 9.36 Å². The quantitative estimate of drug-likeness (QED) is 0.301. The van der Waals surface area contributed by atoms with Crippen molar-refractivity contribution in [3.8, 4) is 0 Å². The number of rotatable bonds is 8. The van der Waals surface area contributed by atoms with E-state index in [2.05, 4.69) is 20.9 Å². The third-order valence-corrected chi connectivity index (χ3v) is 6.22. The third kappa shape index (κ3) is 4.91. The second-order valence-electron chi connectivity index (χ2n) is 7.07. The minimum atomic E-state index is -1.30. The van der Waals surface area contributed by atoms with Gasteiger partial charge in [-0.25, -0.2) is 4.98 Å². The molecular formula is C18H23BrCl2N4O5. The predicted octanol–water partition coefficient (Wildman–Crippen LogP) is 1.72. The zero-order chi connectivity index (χ0) is 22.0. The molecule has 1 aliphatic rings. The van der Waals surface area contributed by atoms with Gasteiger partial charge in [0.1, 0.15) is 31.0 Å². The fraction of sp³-hybridized carbons (Fsp3) is 0.556. The van der Waals surface area contributed by atoms with Gasteiger partial charge in [0.05, 0.1) is 21.1 Å². The van der Waals surface area contributed by atoms with Gasteiger partial charge in [-0.1, -0.05) is 29.6 Å². The number of fused-ring (bicyclic) bond motifs is 1. The Labute approximate surface area is 191 Å². The SMILES string of the molecule is NCCCC[C@H](N)C(=O)OC[C@H]1O[C@@H](n2c(Br)nc3cc(Cl)c(Cl)cc32)[C@H](O)[C@@H]1O. The van der Waals surface area contributed by atoms with Crippen molar-refractivity contribution in [2.24, 2.45) is 11.5 Å². The van der Waals surface area contributed by atoms with Crippen LogP contribution < -0.4 is 11.5 Å². The van der Waals surface area contributed by atoms with E-state index in [0.29, 0.717) is 45.2 Å². The van der Waals surface area contributed by atoms with E-state index >= 15 is 0 Å². The molecule has 12 heteroatoms. The fourth-order valence-corrected chi connectivity index (χ4v) is 4.18. The second kappa shape index (κ2) is 10.1. The first-order valence-electron chi connectivity index (χ1n) is 9.41. The molecule has 0 amide bonds. The highest BCUT2D eigenvalue weighted by molar-refractivity contribution is 9.10. The number of benzene rings is 1. The molecular weight excluding hydrogens is 503 g/mol. The van der Waals surface area contributed by atoms with E-state index in [1.165, 1.54) is 0 Å². The van der Waals surface area contributed by atoms with Crippen LogP contribution in [0.5, 0.6) is 0 Å². The first-order chi connectivity index (χ1) is 14.2. The highest BCUT2D eigenvalue weighted by Gasteiger charge is 2.45. The standard InChI is InChI=1S/C18H23BrCl2N4O5/c19-18-24-11-5-8(20)9(21)6-12(11)25(18)16-15(27)14(26)13(30-16)7-29-17(28)10(23)3-1-2-4-22/h5-6,10,13-16,26-27H,1-4,7,22-23H2/t10-,13+,14+,15+,16+/m0/s1. The summed E-state index contributed by atoms with van der Waals surface area (Å²) in [5.74, 6) is -0.601. The Hall–Kier alpha value is -0.980. The maximum Gasteiger partial charge on any atom is 0.323 e. The van der Waals surface area contributed by atoms with E-state index in [1.54, 1.807) is 16.7 Å². The number of esters is 1. The first-order valence-corrected chi connectivity index (χ1v) is 11.0. The molecule has 2 aromatic rings. The van der Waals surface area contributed by atoms with Gasteiger partial charge in [0.25, 0.3) is 0 Å². The van der Waals surface area contributed by atoms with Crippen molar-refractivity contribution in [1.29, 1.82) is 0 Å². The van der Waals surface area contributed by atoms with Crippen LogP contribution in [0.15, 0.2) is 16.9 Å². The van der Waals surface area contributed by atoms with Crippen LogP contribution in [0.2, 0.25) is 10.0 Å². The predicted molar refractivity (Wildman–Crippen MR) is 115 cm³/mol. The smallest absolute Gasteiger partial charge is 0.323 e. The number of ether oxygens (including phenoxy) is 2. The van der Waals surface area contributed by atoms with E-state index in [0.717, 1.165) is 6.42 Å². The number of hydrogen-bond acceptors (Lipinski definition) is 8. The molecule has 0 aliphatic carbocycles. The van der Waals surface area contributed by atoms with Crippen LogP contribution >= 0.6 is 39.1 Å². The molecule has 5 atom stereocenters. The summed E-state index contributed by atoms with van der Waals surface area (Å²) in [6, 6.07) is 2.39. The molecule has 1 fully saturated rings. The van der Waals surface area contributed by atoms with E-state index < -0.39 is 36.6 Å². The maximum absolute atomic E-state index is 12.1. The van der Waals surface area contributed by atoms with Crippen LogP contribution in [0.25, 0.3) is 11.0 Å². The van der Waals surface area contributed by atoms with Gasteiger partial charge in [0.2, 0.25) is 0 Å². The Morgan fingerprint density at radius 1 is 1.30 bits per heavy atom. The summed E-state index contributed by atoms with van der Waals surface area (Å²) in [6.07, 6.45) is -2.59. The van der Waals surface area contributed by atoms with Gasteiger partial charge in [0, 0.05) is 0 Å². The van der Waals surface area contributed by atoms with E-state index in [1.807, 2.05) is 0 Å². The molecule has 0 saturated carbocycles. The number of carbonyl (C=O) groups excluding carboxylic acids is 1. The van der Waals surface area contributed by atoms with Gasteiger partial charge in [-0.05, 0) is 47.4 Å². The van der Waals surface area contributed by atoms with Crippen LogP contribution in [0.1, 0.15) is 25.5 Å². The summed E-state index contributed by atoms with van der Waals surface area (Å²) in [6.45, 7) is 0.272. The van der Waals surface area contributed by atoms with Gasteiger partial charge in [-0.15, -0.1) is 0 Å². The average Bonchev–Trinajstić information content (AvgIpc) is 3.16. The summed E-state index contributed by atoms with van der Waals surface area (Å²) in [5, 5.41) is 21.6. The topological polar surface area (TPSA) is 146 Å². The molecule has 30 heavy (non-hydrogen) atoms. The lowest BCUT2D eigenvalue weighted by Gasteiger charge is -2.18. The molecule has 6 N–H and O–H groups in total. The summed E-state index contributed by atoms with van der Waals surface area (Å²) in [5.41, 5.74) is 12.3. The minimum absolute atomic E-state index is 0.255. The van der Waals surface area contributed by atoms with Gasteiger partial charge in [0.15, 0.2) is 11.0 Å². The lowest BCUT2D eigenvalue weighted by molar-refractivity contribution is -0.151. The number of carbonyl (C=O) groups is 1. The number of aliphatic hydroxyl groups is 2. The Bertz CT molecular complexity index is 914.